The van der Waals surface area contributed by atoms with E-state index in [1.165, 1.54) is 12.0 Å². The first-order chi connectivity index (χ1) is 7.89. The van der Waals surface area contributed by atoms with E-state index in [1.54, 1.807) is 11.6 Å². The molecule has 2 atom stereocenters. The zero-order valence-electron chi connectivity index (χ0n) is 11.2. The highest BCUT2D eigenvalue weighted by molar-refractivity contribution is 5.83. The first-order valence-electron chi connectivity index (χ1n) is 6.52. The van der Waals surface area contributed by atoms with Gasteiger partial charge < -0.3 is 4.74 Å². The molecule has 2 aliphatic rings. The molecule has 2 aliphatic carbocycles. The van der Waals surface area contributed by atoms with Crippen molar-refractivity contribution in [2.24, 2.45) is 11.8 Å². The lowest BCUT2D eigenvalue weighted by Gasteiger charge is -2.33. The van der Waals surface area contributed by atoms with Crippen LogP contribution in [-0.4, -0.2) is 11.6 Å². The van der Waals surface area contributed by atoms with Crippen LogP contribution in [0, 0.1) is 11.8 Å². The van der Waals surface area contributed by atoms with Gasteiger partial charge in [-0.1, -0.05) is 24.1 Å². The summed E-state index contributed by atoms with van der Waals surface area (Å²) < 4.78 is 5.31. The summed E-state index contributed by atoms with van der Waals surface area (Å²) in [6.07, 6.45) is 7.51. The topological polar surface area (TPSA) is 26.3 Å². The lowest BCUT2D eigenvalue weighted by atomic mass is 9.71. The fraction of sp³-hybridized carbons (Fsp3) is 0.667. The largest absolute Gasteiger partial charge is 0.457 e. The van der Waals surface area contributed by atoms with Crippen LogP contribution in [0.4, 0.5) is 0 Å². The fourth-order valence-corrected chi connectivity index (χ4v) is 2.71. The van der Waals surface area contributed by atoms with Crippen molar-refractivity contribution in [3.05, 3.63) is 23.3 Å². The Morgan fingerprint density at radius 3 is 2.76 bits per heavy atom. The Bertz CT molecular complexity index is 382. The molecule has 0 bridgehead atoms. The monoisotopic (exact) mass is 234 g/mol. The molecule has 94 valence electrons. The van der Waals surface area contributed by atoms with Crippen LogP contribution < -0.4 is 0 Å². The highest BCUT2D eigenvalue weighted by atomic mass is 16.6. The third kappa shape index (κ3) is 2.80. The molecule has 0 heterocycles. The molecule has 2 heteroatoms. The van der Waals surface area contributed by atoms with E-state index in [0.717, 1.165) is 18.8 Å². The van der Waals surface area contributed by atoms with Gasteiger partial charge in [-0.05, 0) is 46.0 Å². The predicted octanol–water partition coefficient (Wildman–Crippen LogP) is 3.63. The summed E-state index contributed by atoms with van der Waals surface area (Å²) in [6.45, 7) is 7.90. The molecule has 2 rings (SSSR count). The smallest absolute Gasteiger partial charge is 0.331 e. The van der Waals surface area contributed by atoms with Crippen molar-refractivity contribution in [2.75, 3.05) is 0 Å². The molecule has 2 unspecified atom stereocenters. The molecule has 0 aromatic rings. The third-order valence-electron chi connectivity index (χ3n) is 3.54. The van der Waals surface area contributed by atoms with Crippen LogP contribution >= 0.6 is 0 Å². The summed E-state index contributed by atoms with van der Waals surface area (Å²) >= 11 is 0. The molecule has 0 saturated heterocycles. The van der Waals surface area contributed by atoms with Crippen molar-refractivity contribution in [1.82, 2.24) is 0 Å². The van der Waals surface area contributed by atoms with E-state index in [-0.39, 0.29) is 5.97 Å². The van der Waals surface area contributed by atoms with Gasteiger partial charge in [0.05, 0.1) is 0 Å². The van der Waals surface area contributed by atoms with Gasteiger partial charge >= 0.3 is 5.97 Å². The number of carbonyl (C=O) groups excluding carboxylic acids is 1. The normalized spacial score (nSPS) is 29.6. The van der Waals surface area contributed by atoms with Gasteiger partial charge in [0.2, 0.25) is 0 Å². The molecule has 0 spiro atoms. The zero-order valence-corrected chi connectivity index (χ0v) is 11.2. The van der Waals surface area contributed by atoms with Gasteiger partial charge in [-0.25, -0.2) is 4.79 Å². The molecule has 2 nitrogen and oxygen atoms in total. The van der Waals surface area contributed by atoms with Crippen LogP contribution in [0.15, 0.2) is 23.3 Å². The van der Waals surface area contributed by atoms with Gasteiger partial charge in [0, 0.05) is 12.0 Å². The minimum absolute atomic E-state index is 0.190. The molecular weight excluding hydrogens is 212 g/mol. The molecule has 1 fully saturated rings. The maximum absolute atomic E-state index is 11.7. The standard InChI is InChI=1S/C15H22O2/c1-5-10-6-11-8-12(13(11)7-10)9-14(16)17-15(2,3)4/h7,9,11,13H,5-6,8H2,1-4H3/b12-9+. The number of esters is 1. The summed E-state index contributed by atoms with van der Waals surface area (Å²) in [5.41, 5.74) is 2.41. The first kappa shape index (κ1) is 12.4. The maximum atomic E-state index is 11.7. The first-order valence-corrected chi connectivity index (χ1v) is 6.52. The Kier molecular flexibility index (Phi) is 3.15. The highest BCUT2D eigenvalue weighted by Gasteiger charge is 2.39. The van der Waals surface area contributed by atoms with Gasteiger partial charge in [0.25, 0.3) is 0 Å². The van der Waals surface area contributed by atoms with E-state index in [9.17, 15) is 4.79 Å². The van der Waals surface area contributed by atoms with E-state index < -0.39 is 5.60 Å². The van der Waals surface area contributed by atoms with Gasteiger partial charge in [0.1, 0.15) is 5.60 Å². The van der Waals surface area contributed by atoms with E-state index in [0.29, 0.717) is 5.92 Å². The maximum Gasteiger partial charge on any atom is 0.331 e. The molecule has 0 N–H and O–H groups in total. The van der Waals surface area contributed by atoms with Gasteiger partial charge in [-0.2, -0.15) is 0 Å². The van der Waals surface area contributed by atoms with E-state index >= 15 is 0 Å². The molecule has 0 aliphatic heterocycles. The van der Waals surface area contributed by atoms with Gasteiger partial charge in [-0.15, -0.1) is 0 Å². The number of hydrogen-bond acceptors (Lipinski definition) is 2. The lowest BCUT2D eigenvalue weighted by molar-refractivity contribution is -0.148. The van der Waals surface area contributed by atoms with Crippen LogP contribution in [0.3, 0.4) is 0 Å². The Labute approximate surface area is 104 Å². The second kappa shape index (κ2) is 4.32. The number of fused-ring (bicyclic) bond motifs is 1. The second-order valence-corrected chi connectivity index (χ2v) is 6.13. The molecule has 1 saturated carbocycles. The fourth-order valence-electron chi connectivity index (χ4n) is 2.71. The van der Waals surface area contributed by atoms with Crippen molar-refractivity contribution < 1.29 is 9.53 Å². The van der Waals surface area contributed by atoms with Crippen molar-refractivity contribution in [1.29, 1.82) is 0 Å². The molecule has 17 heavy (non-hydrogen) atoms. The number of rotatable bonds is 2. The van der Waals surface area contributed by atoms with Crippen molar-refractivity contribution in [2.45, 2.75) is 52.6 Å². The quantitative estimate of drug-likeness (QED) is 0.414. The van der Waals surface area contributed by atoms with Crippen LogP contribution in [0.25, 0.3) is 0 Å². The van der Waals surface area contributed by atoms with Crippen LogP contribution in [0.1, 0.15) is 47.0 Å². The summed E-state index contributed by atoms with van der Waals surface area (Å²) in [6, 6.07) is 0. The second-order valence-electron chi connectivity index (χ2n) is 6.13. The minimum Gasteiger partial charge on any atom is -0.457 e. The number of allylic oxidation sites excluding steroid dienone is 3. The van der Waals surface area contributed by atoms with Gasteiger partial charge in [-0.3, -0.25) is 0 Å². The third-order valence-corrected chi connectivity index (χ3v) is 3.54. The minimum atomic E-state index is -0.391. The average molecular weight is 234 g/mol. The van der Waals surface area contributed by atoms with Gasteiger partial charge in [0.15, 0.2) is 0 Å². The Morgan fingerprint density at radius 1 is 1.47 bits per heavy atom. The molecular formula is C15H22O2. The number of ether oxygens (including phenoxy) is 1. The molecule has 0 aromatic carbocycles. The molecule has 0 radical (unpaired) electrons. The Hall–Kier alpha value is -1.05. The summed E-state index contributed by atoms with van der Waals surface area (Å²) in [4.78, 5) is 11.7. The highest BCUT2D eigenvalue weighted by Crippen LogP contribution is 2.50. The van der Waals surface area contributed by atoms with E-state index in [4.69, 9.17) is 4.74 Å². The number of hydrogen-bond donors (Lipinski definition) is 0. The van der Waals surface area contributed by atoms with Crippen molar-refractivity contribution >= 4 is 5.97 Å². The predicted molar refractivity (Wildman–Crippen MR) is 68.5 cm³/mol. The van der Waals surface area contributed by atoms with Crippen molar-refractivity contribution in [3.8, 4) is 0 Å². The van der Waals surface area contributed by atoms with Crippen LogP contribution in [0.2, 0.25) is 0 Å². The van der Waals surface area contributed by atoms with Crippen LogP contribution in [0.5, 0.6) is 0 Å². The van der Waals surface area contributed by atoms with Crippen molar-refractivity contribution in [3.63, 3.8) is 0 Å². The molecule has 0 amide bonds. The number of carbonyl (C=O) groups is 1. The lowest BCUT2D eigenvalue weighted by Crippen LogP contribution is -2.27. The summed E-state index contributed by atoms with van der Waals surface area (Å²) in [5, 5.41) is 0. The average Bonchev–Trinajstić information content (AvgIpc) is 2.49. The summed E-state index contributed by atoms with van der Waals surface area (Å²) in [7, 11) is 0. The van der Waals surface area contributed by atoms with Crippen LogP contribution in [-0.2, 0) is 9.53 Å². The zero-order chi connectivity index (χ0) is 12.6. The Balaban J connectivity index is 1.97. The Morgan fingerprint density at radius 2 is 2.18 bits per heavy atom. The van der Waals surface area contributed by atoms with E-state index in [2.05, 4.69) is 13.0 Å². The van der Waals surface area contributed by atoms with E-state index in [1.807, 2.05) is 20.8 Å². The summed E-state index contributed by atoms with van der Waals surface area (Å²) in [5.74, 6) is 1.10. The molecule has 0 aromatic heterocycles. The SMILES string of the molecule is CCC1=CC2/C(=C/C(=O)OC(C)(C)C)CC2C1.